The second-order valence-electron chi connectivity index (χ2n) is 12.1. The van der Waals surface area contributed by atoms with Gasteiger partial charge in [0.05, 0.1) is 32.1 Å². The van der Waals surface area contributed by atoms with Crippen LogP contribution in [0.3, 0.4) is 0 Å². The molecule has 3 aromatic rings. The number of likely N-dealkylation sites (tertiary alicyclic amines) is 2. The zero-order valence-electron chi connectivity index (χ0n) is 26.7. The Morgan fingerprint density at radius 2 is 1.62 bits per heavy atom. The van der Waals surface area contributed by atoms with Crippen molar-refractivity contribution in [3.63, 3.8) is 0 Å². The van der Waals surface area contributed by atoms with E-state index in [0.29, 0.717) is 54.2 Å². The number of esters is 2. The maximum absolute atomic E-state index is 12.9. The Kier molecular flexibility index (Phi) is 12.0. The molecule has 248 valence electrons. The molecule has 0 spiro atoms. The quantitative estimate of drug-likeness (QED) is 0.177. The largest absolute Gasteiger partial charge is 0.496 e. The topological polar surface area (TPSA) is 102 Å². The van der Waals surface area contributed by atoms with Crippen LogP contribution in [-0.4, -0.2) is 86.5 Å². The number of piperidine rings is 1. The minimum Gasteiger partial charge on any atom is -0.496 e. The molecule has 2 saturated heterocycles. The normalized spacial score (nSPS) is 16.9. The van der Waals surface area contributed by atoms with E-state index in [4.69, 9.17) is 25.8 Å². The summed E-state index contributed by atoms with van der Waals surface area (Å²) in [6.45, 7) is 3.64. The van der Waals surface area contributed by atoms with Crippen LogP contribution in [0, 0.1) is 5.92 Å². The molecule has 0 aliphatic carbocycles. The molecule has 0 N–H and O–H groups in total. The van der Waals surface area contributed by atoms with E-state index < -0.39 is 5.97 Å². The molecule has 0 bridgehead atoms. The predicted molar refractivity (Wildman–Crippen MR) is 178 cm³/mol. The van der Waals surface area contributed by atoms with Crippen LogP contribution < -0.4 is 4.74 Å². The first-order valence-electron chi connectivity index (χ1n) is 16.1. The SMILES string of the molecule is COc1cc(CC(=O)OC[C@H]2CCN(C(=O)CCN3CCC(OC(=O)Cc4ccccc4-c4ccccc4)CC3)C2)c(Cl)cc1C=O. The van der Waals surface area contributed by atoms with Crippen LogP contribution >= 0.6 is 11.6 Å². The molecular weight excluding hydrogens is 620 g/mol. The standard InChI is InChI=1S/C37H41ClN2O7/c1-45-34-20-29(33(38)19-30(34)24-41)22-36(43)46-25-26-11-18-40(23-26)35(42)14-17-39-15-12-31(13-16-39)47-37(44)21-28-9-5-6-10-32(28)27-7-3-2-4-8-27/h2-10,19-20,24,26,31H,11-18,21-23,25H2,1H3/t26-/m0/s1. The molecule has 2 aliphatic rings. The van der Waals surface area contributed by atoms with Gasteiger partial charge in [0.1, 0.15) is 11.9 Å². The van der Waals surface area contributed by atoms with Crippen LogP contribution in [0.1, 0.15) is 47.2 Å². The number of methoxy groups -OCH3 is 1. The first-order valence-corrected chi connectivity index (χ1v) is 16.5. The lowest BCUT2D eigenvalue weighted by Gasteiger charge is -2.31. The number of aldehydes is 1. The summed E-state index contributed by atoms with van der Waals surface area (Å²) in [7, 11) is 1.45. The summed E-state index contributed by atoms with van der Waals surface area (Å²) < 4.78 is 16.6. The summed E-state index contributed by atoms with van der Waals surface area (Å²) >= 11 is 6.24. The molecule has 2 aliphatic heterocycles. The minimum atomic E-state index is -0.427. The van der Waals surface area contributed by atoms with Gasteiger partial charge < -0.3 is 24.0 Å². The lowest BCUT2D eigenvalue weighted by atomic mass is 9.98. The van der Waals surface area contributed by atoms with Crippen LogP contribution in [0.2, 0.25) is 5.02 Å². The predicted octanol–water partition coefficient (Wildman–Crippen LogP) is 5.40. The second-order valence-corrected chi connectivity index (χ2v) is 12.5. The van der Waals surface area contributed by atoms with Crippen molar-refractivity contribution in [2.75, 3.05) is 46.4 Å². The number of ether oxygens (including phenoxy) is 3. The van der Waals surface area contributed by atoms with Crippen LogP contribution in [-0.2, 0) is 36.7 Å². The van der Waals surface area contributed by atoms with Gasteiger partial charge in [-0.1, -0.05) is 66.2 Å². The van der Waals surface area contributed by atoms with Gasteiger partial charge in [-0.05, 0) is 53.6 Å². The molecule has 0 unspecified atom stereocenters. The van der Waals surface area contributed by atoms with E-state index in [0.717, 1.165) is 49.0 Å². The molecule has 9 nitrogen and oxygen atoms in total. The van der Waals surface area contributed by atoms with Gasteiger partial charge in [0.2, 0.25) is 5.91 Å². The average molecular weight is 661 g/mol. The molecule has 1 atom stereocenters. The molecule has 5 rings (SSSR count). The Labute approximate surface area is 280 Å². The molecule has 0 saturated carbocycles. The fourth-order valence-corrected chi connectivity index (χ4v) is 6.49. The van der Waals surface area contributed by atoms with Gasteiger partial charge in [0.25, 0.3) is 0 Å². The molecule has 2 fully saturated rings. The number of nitrogens with zero attached hydrogens (tertiary/aromatic N) is 2. The summed E-state index contributed by atoms with van der Waals surface area (Å²) in [6.07, 6.45) is 3.41. The van der Waals surface area contributed by atoms with Crippen molar-refractivity contribution in [1.82, 2.24) is 9.80 Å². The maximum Gasteiger partial charge on any atom is 0.310 e. The van der Waals surface area contributed by atoms with Crippen molar-refractivity contribution in [3.05, 3.63) is 88.4 Å². The van der Waals surface area contributed by atoms with Crippen LogP contribution in [0.15, 0.2) is 66.7 Å². The molecule has 10 heteroatoms. The van der Waals surface area contributed by atoms with E-state index in [9.17, 15) is 19.2 Å². The monoisotopic (exact) mass is 660 g/mol. The second kappa shape index (κ2) is 16.6. The lowest BCUT2D eigenvalue weighted by molar-refractivity contribution is -0.150. The van der Waals surface area contributed by atoms with Gasteiger partial charge in [0, 0.05) is 50.1 Å². The number of benzene rings is 3. The highest BCUT2D eigenvalue weighted by Crippen LogP contribution is 2.28. The number of halogens is 1. The summed E-state index contributed by atoms with van der Waals surface area (Å²) in [5.74, 6) is -0.118. The molecule has 1 amide bonds. The summed E-state index contributed by atoms with van der Waals surface area (Å²) in [5, 5.41) is 0.299. The van der Waals surface area contributed by atoms with E-state index >= 15 is 0 Å². The van der Waals surface area contributed by atoms with Gasteiger partial charge in [-0.3, -0.25) is 19.2 Å². The number of carbonyl (C=O) groups excluding carboxylic acids is 4. The number of carbonyl (C=O) groups is 4. The van der Waals surface area contributed by atoms with Gasteiger partial charge >= 0.3 is 11.9 Å². The first kappa shape index (κ1) is 34.1. The lowest BCUT2D eigenvalue weighted by Crippen LogP contribution is -2.40. The van der Waals surface area contributed by atoms with Gasteiger partial charge in [-0.2, -0.15) is 0 Å². The van der Waals surface area contributed by atoms with E-state index in [1.807, 2.05) is 59.5 Å². The minimum absolute atomic E-state index is 0.0399. The fraction of sp³-hybridized carbons (Fsp3) is 0.405. The molecule has 0 aromatic heterocycles. The Bertz CT molecular complexity index is 1560. The summed E-state index contributed by atoms with van der Waals surface area (Å²) in [5.41, 5.74) is 3.91. The highest BCUT2D eigenvalue weighted by atomic mass is 35.5. The van der Waals surface area contributed by atoms with Crippen molar-refractivity contribution in [2.45, 2.75) is 44.6 Å². The van der Waals surface area contributed by atoms with Crippen LogP contribution in [0.5, 0.6) is 5.75 Å². The van der Waals surface area contributed by atoms with Gasteiger partial charge in [-0.25, -0.2) is 0 Å². The molecule has 2 heterocycles. The van der Waals surface area contributed by atoms with Crippen LogP contribution in [0.4, 0.5) is 0 Å². The third-order valence-electron chi connectivity index (χ3n) is 8.89. The summed E-state index contributed by atoms with van der Waals surface area (Å²) in [4.78, 5) is 53.5. The summed E-state index contributed by atoms with van der Waals surface area (Å²) in [6, 6.07) is 21.0. The third kappa shape index (κ3) is 9.42. The Hall–Kier alpha value is -4.21. The molecular formula is C37H41ClN2O7. The van der Waals surface area contributed by atoms with E-state index in [-0.39, 0.29) is 43.3 Å². The van der Waals surface area contributed by atoms with Gasteiger partial charge in [0.15, 0.2) is 6.29 Å². The van der Waals surface area contributed by atoms with Gasteiger partial charge in [-0.15, -0.1) is 0 Å². The maximum atomic E-state index is 12.9. The number of amides is 1. The Morgan fingerprint density at radius 1 is 0.894 bits per heavy atom. The van der Waals surface area contributed by atoms with Crippen molar-refractivity contribution < 1.29 is 33.4 Å². The first-order chi connectivity index (χ1) is 22.8. The van der Waals surface area contributed by atoms with E-state index in [1.54, 1.807) is 6.07 Å². The van der Waals surface area contributed by atoms with Crippen LogP contribution in [0.25, 0.3) is 11.1 Å². The average Bonchev–Trinajstić information content (AvgIpc) is 3.57. The third-order valence-corrected chi connectivity index (χ3v) is 9.24. The molecule has 47 heavy (non-hydrogen) atoms. The zero-order chi connectivity index (χ0) is 33.2. The van der Waals surface area contributed by atoms with Crippen molar-refractivity contribution in [3.8, 4) is 16.9 Å². The van der Waals surface area contributed by atoms with Crippen molar-refractivity contribution in [2.24, 2.45) is 5.92 Å². The highest BCUT2D eigenvalue weighted by Gasteiger charge is 2.29. The molecule has 0 radical (unpaired) electrons. The smallest absolute Gasteiger partial charge is 0.310 e. The number of hydrogen-bond acceptors (Lipinski definition) is 8. The zero-order valence-corrected chi connectivity index (χ0v) is 27.5. The highest BCUT2D eigenvalue weighted by molar-refractivity contribution is 6.31. The van der Waals surface area contributed by atoms with E-state index in [1.165, 1.54) is 13.2 Å². The van der Waals surface area contributed by atoms with Crippen molar-refractivity contribution in [1.29, 1.82) is 0 Å². The fourth-order valence-electron chi connectivity index (χ4n) is 6.25. The molecule has 3 aromatic carbocycles. The Morgan fingerprint density at radius 3 is 2.36 bits per heavy atom. The Balaban J connectivity index is 0.982. The van der Waals surface area contributed by atoms with Crippen molar-refractivity contribution >= 4 is 35.7 Å². The number of hydrogen-bond donors (Lipinski definition) is 0. The number of rotatable bonds is 13. The van der Waals surface area contributed by atoms with E-state index in [2.05, 4.69) is 4.90 Å².